The van der Waals surface area contributed by atoms with Gasteiger partial charge in [0.15, 0.2) is 12.2 Å². The lowest BCUT2D eigenvalue weighted by Gasteiger charge is -2.47. The molecule has 240 valence electrons. The third kappa shape index (κ3) is 7.55. The van der Waals surface area contributed by atoms with Gasteiger partial charge < -0.3 is 19.5 Å². The minimum Gasteiger partial charge on any atom is -0.453 e. The SMILES string of the molecule is O=C(O[C@@H]1[C@@H]2NS(=O)(=O)OC[C@@H](O[C@@H]2Nc2cc(C(F)(F)F)cc(C(F)(F)F)c2)[C@H]1OC(=O)c1ccccc1)c1ccccc1. The number of carbonyl (C=O) groups is 2. The summed E-state index contributed by atoms with van der Waals surface area (Å²) in [7, 11) is -4.66. The maximum absolute atomic E-state index is 13.5. The number of anilines is 1. The van der Waals surface area contributed by atoms with E-state index in [1.54, 1.807) is 12.1 Å². The number of fused-ring (bicyclic) bond motifs is 3. The minimum atomic E-state index is -5.18. The highest BCUT2D eigenvalue weighted by molar-refractivity contribution is 7.84. The molecule has 5 rings (SSSR count). The number of halogens is 6. The van der Waals surface area contributed by atoms with E-state index >= 15 is 0 Å². The lowest BCUT2D eigenvalue weighted by Crippen LogP contribution is -2.69. The molecular formula is C28H22F6N2O8S. The van der Waals surface area contributed by atoms with E-state index in [9.17, 15) is 44.3 Å². The number of ether oxygens (including phenoxy) is 3. The summed E-state index contributed by atoms with van der Waals surface area (Å²) in [6, 6.07) is 13.7. The average molecular weight is 661 g/mol. The number of nitrogens with one attached hydrogen (secondary N) is 2. The van der Waals surface area contributed by atoms with Gasteiger partial charge in [-0.15, -0.1) is 0 Å². The summed E-state index contributed by atoms with van der Waals surface area (Å²) < 4.78 is 130. The maximum Gasteiger partial charge on any atom is 0.416 e. The first-order valence-corrected chi connectivity index (χ1v) is 14.4. The molecule has 0 aliphatic carbocycles. The second-order valence-electron chi connectivity index (χ2n) is 9.89. The second kappa shape index (κ2) is 12.3. The topological polar surface area (TPSA) is 129 Å². The van der Waals surface area contributed by atoms with Crippen molar-refractivity contribution >= 4 is 27.9 Å². The first-order valence-electron chi connectivity index (χ1n) is 13.0. The molecular weight excluding hydrogens is 638 g/mol. The lowest BCUT2D eigenvalue weighted by molar-refractivity contribution is -0.188. The van der Waals surface area contributed by atoms with Crippen LogP contribution in [0.25, 0.3) is 0 Å². The zero-order chi connectivity index (χ0) is 32.6. The summed E-state index contributed by atoms with van der Waals surface area (Å²) in [5, 5.41) is 2.35. The molecule has 45 heavy (non-hydrogen) atoms. The highest BCUT2D eigenvalue weighted by Crippen LogP contribution is 2.39. The first kappa shape index (κ1) is 32.2. The number of esters is 2. The Balaban J connectivity index is 1.56. The molecule has 10 nitrogen and oxygen atoms in total. The van der Waals surface area contributed by atoms with E-state index in [2.05, 4.69) is 5.32 Å². The Hall–Kier alpha value is -4.19. The molecule has 5 atom stereocenters. The Morgan fingerprint density at radius 2 is 1.27 bits per heavy atom. The third-order valence-corrected chi connectivity index (χ3v) is 7.77. The summed E-state index contributed by atoms with van der Waals surface area (Å²) in [5.41, 5.74) is -3.99. The van der Waals surface area contributed by atoms with Crippen molar-refractivity contribution in [2.75, 3.05) is 11.9 Å². The van der Waals surface area contributed by atoms with E-state index < -0.39 is 88.6 Å². The van der Waals surface area contributed by atoms with Gasteiger partial charge in [0.25, 0.3) is 0 Å². The summed E-state index contributed by atoms with van der Waals surface area (Å²) >= 11 is 0. The molecule has 0 unspecified atom stereocenters. The van der Waals surface area contributed by atoms with E-state index in [1.165, 1.54) is 48.5 Å². The van der Waals surface area contributed by atoms with Crippen molar-refractivity contribution in [1.29, 1.82) is 0 Å². The summed E-state index contributed by atoms with van der Waals surface area (Å²) in [6.07, 6.45) is -17.0. The molecule has 2 heterocycles. The Kier molecular flexibility index (Phi) is 8.81. The van der Waals surface area contributed by atoms with Crippen LogP contribution in [-0.4, -0.2) is 57.5 Å². The predicted molar refractivity (Wildman–Crippen MR) is 142 cm³/mol. The van der Waals surface area contributed by atoms with Crippen LogP contribution in [-0.2, 0) is 41.1 Å². The molecule has 3 aromatic carbocycles. The fourth-order valence-electron chi connectivity index (χ4n) is 4.70. The second-order valence-corrected chi connectivity index (χ2v) is 11.3. The largest absolute Gasteiger partial charge is 0.453 e. The molecule has 17 heteroatoms. The van der Waals surface area contributed by atoms with Gasteiger partial charge in [-0.1, -0.05) is 36.4 Å². The standard InChI is InChI=1S/C28H22F6N2O8S/c29-27(30,31)17-11-18(28(32,33)34)13-19(12-17)35-24-21-23(44-26(38)16-9-5-2-6-10-16)22(20(42-24)14-41-45(39,40)36-21)43-25(37)15-7-3-1-4-8-15/h1-13,20-24,35-36H,14H2/t20-,21+,22-,23-,24+/m1/s1. The number of carbonyl (C=O) groups excluding carboxylic acids is 2. The van der Waals surface area contributed by atoms with Gasteiger partial charge >= 0.3 is 34.6 Å². The van der Waals surface area contributed by atoms with Gasteiger partial charge in [-0.25, -0.2) is 9.59 Å². The lowest BCUT2D eigenvalue weighted by atomic mass is 9.95. The molecule has 0 spiro atoms. The van der Waals surface area contributed by atoms with Crippen LogP contribution in [0.4, 0.5) is 32.0 Å². The van der Waals surface area contributed by atoms with E-state index in [0.29, 0.717) is 12.1 Å². The van der Waals surface area contributed by atoms with Crippen molar-refractivity contribution in [2.45, 2.75) is 42.9 Å². The van der Waals surface area contributed by atoms with Crippen molar-refractivity contribution in [1.82, 2.24) is 4.72 Å². The van der Waals surface area contributed by atoms with Crippen LogP contribution in [0.3, 0.4) is 0 Å². The summed E-state index contributed by atoms with van der Waals surface area (Å²) in [4.78, 5) is 26.2. The van der Waals surface area contributed by atoms with Gasteiger partial charge in [-0.2, -0.15) is 39.5 Å². The number of alkyl halides is 6. The summed E-state index contributed by atoms with van der Waals surface area (Å²) in [5.74, 6) is -1.94. The van der Waals surface area contributed by atoms with Gasteiger partial charge in [0.05, 0.1) is 28.9 Å². The fraction of sp³-hybridized carbons (Fsp3) is 0.286. The highest BCUT2D eigenvalue weighted by Gasteiger charge is 2.54. The Morgan fingerprint density at radius 1 is 0.778 bits per heavy atom. The molecule has 0 radical (unpaired) electrons. The Labute approximate surface area is 251 Å². The van der Waals surface area contributed by atoms with Crippen molar-refractivity contribution in [3.8, 4) is 0 Å². The number of rotatable bonds is 6. The van der Waals surface area contributed by atoms with E-state index in [-0.39, 0.29) is 17.2 Å². The van der Waals surface area contributed by atoms with E-state index in [1.807, 2.05) is 4.72 Å². The van der Waals surface area contributed by atoms with Crippen molar-refractivity contribution in [3.63, 3.8) is 0 Å². The highest BCUT2D eigenvalue weighted by atomic mass is 32.2. The van der Waals surface area contributed by atoms with Crippen LogP contribution in [0.15, 0.2) is 78.9 Å². The molecule has 0 aromatic heterocycles. The normalized spacial score (nSPS) is 24.6. The number of benzene rings is 3. The fourth-order valence-corrected chi connectivity index (χ4v) is 5.67. The van der Waals surface area contributed by atoms with Crippen LogP contribution in [0.5, 0.6) is 0 Å². The molecule has 3 aromatic rings. The van der Waals surface area contributed by atoms with Gasteiger partial charge in [-0.3, -0.25) is 4.18 Å². The van der Waals surface area contributed by atoms with Crippen molar-refractivity contribution in [2.24, 2.45) is 0 Å². The molecule has 2 aliphatic rings. The number of hydrogen-bond acceptors (Lipinski definition) is 9. The molecule has 0 saturated carbocycles. The molecule has 2 aliphatic heterocycles. The minimum absolute atomic E-state index is 0.000742. The third-order valence-electron chi connectivity index (χ3n) is 6.76. The van der Waals surface area contributed by atoms with Crippen LogP contribution in [0, 0.1) is 0 Å². The Morgan fingerprint density at radius 3 is 1.76 bits per heavy atom. The smallest absolute Gasteiger partial charge is 0.416 e. The first-order chi connectivity index (χ1) is 21.1. The summed E-state index contributed by atoms with van der Waals surface area (Å²) in [6.45, 7) is -0.844. The Bertz CT molecular complexity index is 1620. The van der Waals surface area contributed by atoms with Crippen molar-refractivity contribution in [3.05, 3.63) is 101 Å². The average Bonchev–Trinajstić information content (AvgIpc) is 2.98. The van der Waals surface area contributed by atoms with Crippen LogP contribution < -0.4 is 10.0 Å². The van der Waals surface area contributed by atoms with Gasteiger partial charge in [0, 0.05) is 5.69 Å². The molecule has 2 saturated heterocycles. The molecule has 2 bridgehead atoms. The number of hydrogen-bond donors (Lipinski definition) is 2. The van der Waals surface area contributed by atoms with Crippen molar-refractivity contribution < 1.29 is 62.7 Å². The molecule has 2 fully saturated rings. The zero-order valence-electron chi connectivity index (χ0n) is 22.5. The van der Waals surface area contributed by atoms with Crippen LogP contribution >= 0.6 is 0 Å². The zero-order valence-corrected chi connectivity index (χ0v) is 23.4. The molecule has 0 amide bonds. The van der Waals surface area contributed by atoms with Crippen LogP contribution in [0.1, 0.15) is 31.8 Å². The van der Waals surface area contributed by atoms with E-state index in [4.69, 9.17) is 18.4 Å². The molecule has 2 N–H and O–H groups in total. The maximum atomic E-state index is 13.5. The van der Waals surface area contributed by atoms with Gasteiger partial charge in [0.1, 0.15) is 18.4 Å². The quantitative estimate of drug-likeness (QED) is 0.289. The monoisotopic (exact) mass is 660 g/mol. The van der Waals surface area contributed by atoms with Crippen LogP contribution in [0.2, 0.25) is 0 Å². The van der Waals surface area contributed by atoms with Gasteiger partial charge in [0.2, 0.25) is 0 Å². The van der Waals surface area contributed by atoms with E-state index in [0.717, 1.165) is 0 Å². The van der Waals surface area contributed by atoms with Gasteiger partial charge in [-0.05, 0) is 42.5 Å². The predicted octanol–water partition coefficient (Wildman–Crippen LogP) is 4.55.